The van der Waals surface area contributed by atoms with Crippen molar-refractivity contribution in [3.63, 3.8) is 0 Å². The van der Waals surface area contributed by atoms with E-state index >= 15 is 0 Å². The zero-order valence-corrected chi connectivity index (χ0v) is 8.95. The molecule has 0 bridgehead atoms. The molecule has 0 saturated heterocycles. The second kappa shape index (κ2) is 3.02. The minimum Gasteiger partial charge on any atom is -0.398 e. The van der Waals surface area contributed by atoms with E-state index in [1.807, 2.05) is 17.5 Å². The first kappa shape index (κ1) is 8.54. The number of hydrogen-bond donors (Lipinski definition) is 1. The second-order valence-corrected chi connectivity index (χ2v) is 4.46. The quantitative estimate of drug-likeness (QED) is 0.733. The molecule has 0 aliphatic carbocycles. The summed E-state index contributed by atoms with van der Waals surface area (Å²) < 4.78 is 1.99. The van der Waals surface area contributed by atoms with E-state index in [0.717, 1.165) is 14.6 Å². The number of nitrogen functional groups attached to an aromatic ring is 1. The van der Waals surface area contributed by atoms with E-state index in [0.29, 0.717) is 11.3 Å². The Balaban J connectivity index is 2.92. The molecule has 0 saturated carbocycles. The molecule has 1 heterocycles. The highest BCUT2D eigenvalue weighted by molar-refractivity contribution is 9.10. The van der Waals surface area contributed by atoms with Gasteiger partial charge >= 0.3 is 0 Å². The van der Waals surface area contributed by atoms with E-state index in [9.17, 15) is 0 Å². The fourth-order valence-electron chi connectivity index (χ4n) is 1.25. The number of rotatable bonds is 0. The molecule has 0 atom stereocenters. The molecule has 0 amide bonds. The Bertz CT molecular complexity index is 510. The Morgan fingerprint density at radius 1 is 1.46 bits per heavy atom. The molecule has 2 rings (SSSR count). The first-order valence-electron chi connectivity index (χ1n) is 3.58. The zero-order chi connectivity index (χ0) is 9.42. The van der Waals surface area contributed by atoms with Gasteiger partial charge in [0, 0.05) is 25.6 Å². The van der Waals surface area contributed by atoms with Gasteiger partial charge in [0.25, 0.3) is 0 Å². The maximum absolute atomic E-state index is 8.81. The summed E-state index contributed by atoms with van der Waals surface area (Å²) in [6.07, 6.45) is 0. The Morgan fingerprint density at radius 2 is 2.23 bits per heavy atom. The van der Waals surface area contributed by atoms with Crippen LogP contribution in [-0.4, -0.2) is 0 Å². The van der Waals surface area contributed by atoms with Gasteiger partial charge in [-0.25, -0.2) is 0 Å². The third kappa shape index (κ3) is 1.30. The van der Waals surface area contributed by atoms with Crippen molar-refractivity contribution >= 4 is 43.0 Å². The van der Waals surface area contributed by atoms with Gasteiger partial charge in [-0.15, -0.1) is 11.3 Å². The number of halogens is 1. The predicted octanol–water partition coefficient (Wildman–Crippen LogP) is 3.12. The van der Waals surface area contributed by atoms with Crippen LogP contribution < -0.4 is 5.73 Å². The highest BCUT2D eigenvalue weighted by Gasteiger charge is 2.07. The normalized spacial score (nSPS) is 10.2. The van der Waals surface area contributed by atoms with E-state index in [1.54, 1.807) is 0 Å². The number of benzene rings is 1. The van der Waals surface area contributed by atoms with E-state index in [-0.39, 0.29) is 0 Å². The van der Waals surface area contributed by atoms with E-state index < -0.39 is 0 Å². The SMILES string of the molecule is N#Cc1csc2cc(Br)cc(N)c12. The van der Waals surface area contributed by atoms with Crippen molar-refractivity contribution in [3.8, 4) is 6.07 Å². The number of nitriles is 1. The van der Waals surface area contributed by atoms with Crippen LogP contribution in [0.3, 0.4) is 0 Å². The molecule has 2 N–H and O–H groups in total. The molecular weight excluding hydrogens is 248 g/mol. The predicted molar refractivity (Wildman–Crippen MR) is 58.7 cm³/mol. The van der Waals surface area contributed by atoms with Crippen LogP contribution >= 0.6 is 27.3 Å². The van der Waals surface area contributed by atoms with Crippen molar-refractivity contribution in [3.05, 3.63) is 27.5 Å². The summed E-state index contributed by atoms with van der Waals surface area (Å²) in [6, 6.07) is 5.91. The lowest BCUT2D eigenvalue weighted by atomic mass is 10.1. The van der Waals surface area contributed by atoms with Gasteiger partial charge in [0.2, 0.25) is 0 Å². The third-order valence-electron chi connectivity index (χ3n) is 1.79. The summed E-state index contributed by atoms with van der Waals surface area (Å²) >= 11 is 4.89. The molecule has 1 aromatic heterocycles. The smallest absolute Gasteiger partial charge is 0.101 e. The highest BCUT2D eigenvalue weighted by atomic mass is 79.9. The number of nitrogens with two attached hydrogens (primary N) is 1. The van der Waals surface area contributed by atoms with E-state index in [4.69, 9.17) is 11.0 Å². The molecule has 2 nitrogen and oxygen atoms in total. The summed E-state index contributed by atoms with van der Waals surface area (Å²) in [5, 5.41) is 11.5. The zero-order valence-electron chi connectivity index (χ0n) is 6.54. The van der Waals surface area contributed by atoms with Gasteiger partial charge < -0.3 is 5.73 Å². The van der Waals surface area contributed by atoms with Crippen LogP contribution in [0, 0.1) is 11.3 Å². The van der Waals surface area contributed by atoms with Crippen molar-refractivity contribution in [1.82, 2.24) is 0 Å². The van der Waals surface area contributed by atoms with Gasteiger partial charge in [-0.05, 0) is 12.1 Å². The monoisotopic (exact) mass is 252 g/mol. The average molecular weight is 253 g/mol. The molecule has 0 unspecified atom stereocenters. The fourth-order valence-corrected chi connectivity index (χ4v) is 2.83. The van der Waals surface area contributed by atoms with Gasteiger partial charge in [-0.3, -0.25) is 0 Å². The molecule has 0 fully saturated rings. The highest BCUT2D eigenvalue weighted by Crippen LogP contribution is 2.33. The first-order valence-corrected chi connectivity index (χ1v) is 5.26. The van der Waals surface area contributed by atoms with E-state index in [1.165, 1.54) is 11.3 Å². The minimum absolute atomic E-state index is 0.655. The average Bonchev–Trinajstić information content (AvgIpc) is 2.47. The van der Waals surface area contributed by atoms with Crippen molar-refractivity contribution < 1.29 is 0 Å². The largest absolute Gasteiger partial charge is 0.398 e. The number of fused-ring (bicyclic) bond motifs is 1. The molecule has 4 heteroatoms. The number of anilines is 1. The summed E-state index contributed by atoms with van der Waals surface area (Å²) in [4.78, 5) is 0. The van der Waals surface area contributed by atoms with Crippen molar-refractivity contribution in [2.45, 2.75) is 0 Å². The topological polar surface area (TPSA) is 49.8 Å². The van der Waals surface area contributed by atoms with Crippen LogP contribution in [0.2, 0.25) is 0 Å². The molecule has 0 aliphatic heterocycles. The van der Waals surface area contributed by atoms with Gasteiger partial charge in [0.1, 0.15) is 6.07 Å². The Labute approximate surface area is 87.7 Å². The van der Waals surface area contributed by atoms with Crippen molar-refractivity contribution in [2.24, 2.45) is 0 Å². The lowest BCUT2D eigenvalue weighted by Gasteiger charge is -1.97. The standard InChI is InChI=1S/C9H5BrN2S/c10-6-1-7(12)9-5(3-11)4-13-8(9)2-6/h1-2,4H,12H2. The van der Waals surface area contributed by atoms with Crippen LogP contribution in [0.4, 0.5) is 5.69 Å². The number of nitrogens with zero attached hydrogens (tertiary/aromatic N) is 1. The van der Waals surface area contributed by atoms with E-state index in [2.05, 4.69) is 22.0 Å². The van der Waals surface area contributed by atoms with Crippen LogP contribution in [-0.2, 0) is 0 Å². The summed E-state index contributed by atoms with van der Waals surface area (Å²) in [5.41, 5.74) is 7.12. The van der Waals surface area contributed by atoms with Crippen LogP contribution in [0.15, 0.2) is 22.0 Å². The Hall–Kier alpha value is -1.05. The minimum atomic E-state index is 0.655. The first-order chi connectivity index (χ1) is 6.22. The number of hydrogen-bond acceptors (Lipinski definition) is 3. The summed E-state index contributed by atoms with van der Waals surface area (Å²) in [5.74, 6) is 0. The van der Waals surface area contributed by atoms with Gasteiger partial charge in [-0.2, -0.15) is 5.26 Å². The molecule has 64 valence electrons. The third-order valence-corrected chi connectivity index (χ3v) is 3.18. The molecule has 2 aromatic rings. The lowest BCUT2D eigenvalue weighted by Crippen LogP contribution is -1.86. The molecule has 0 radical (unpaired) electrons. The van der Waals surface area contributed by atoms with Crippen molar-refractivity contribution in [2.75, 3.05) is 5.73 Å². The Kier molecular flexibility index (Phi) is 1.98. The summed E-state index contributed by atoms with van der Waals surface area (Å²) in [6.45, 7) is 0. The second-order valence-electron chi connectivity index (χ2n) is 2.63. The van der Waals surface area contributed by atoms with Gasteiger partial charge in [-0.1, -0.05) is 15.9 Å². The van der Waals surface area contributed by atoms with Gasteiger partial charge in [0.15, 0.2) is 0 Å². The van der Waals surface area contributed by atoms with Gasteiger partial charge in [0.05, 0.1) is 5.56 Å². The fraction of sp³-hybridized carbons (Fsp3) is 0. The lowest BCUT2D eigenvalue weighted by molar-refractivity contribution is 1.52. The van der Waals surface area contributed by atoms with Crippen LogP contribution in [0.5, 0.6) is 0 Å². The molecular formula is C9H5BrN2S. The van der Waals surface area contributed by atoms with Crippen LogP contribution in [0.1, 0.15) is 5.56 Å². The maximum atomic E-state index is 8.81. The number of thiophene rings is 1. The van der Waals surface area contributed by atoms with Crippen LogP contribution in [0.25, 0.3) is 10.1 Å². The molecule has 0 aliphatic rings. The molecule has 13 heavy (non-hydrogen) atoms. The maximum Gasteiger partial charge on any atom is 0.101 e. The Morgan fingerprint density at radius 3 is 2.92 bits per heavy atom. The molecule has 0 spiro atoms. The van der Waals surface area contributed by atoms with Crippen molar-refractivity contribution in [1.29, 1.82) is 5.26 Å². The summed E-state index contributed by atoms with van der Waals surface area (Å²) in [7, 11) is 0. The molecule has 1 aromatic carbocycles.